The molecule has 2 aromatic carbocycles. The van der Waals surface area contributed by atoms with Gasteiger partial charge in [0.1, 0.15) is 12.7 Å². The lowest BCUT2D eigenvalue weighted by Crippen LogP contribution is -2.42. The van der Waals surface area contributed by atoms with Crippen molar-refractivity contribution < 1.29 is 13.9 Å². The minimum Gasteiger partial charge on any atom is -0.468 e. The maximum Gasteiger partial charge on any atom is 0.325 e. The van der Waals surface area contributed by atoms with Crippen LogP contribution in [0.25, 0.3) is 0 Å². The van der Waals surface area contributed by atoms with Gasteiger partial charge in [-0.05, 0) is 11.1 Å². The molecule has 2 aromatic rings. The fourth-order valence-electron chi connectivity index (χ4n) is 2.36. The van der Waals surface area contributed by atoms with Gasteiger partial charge in [-0.2, -0.15) is 0 Å². The summed E-state index contributed by atoms with van der Waals surface area (Å²) in [6.45, 7) is 0.200. The van der Waals surface area contributed by atoms with Gasteiger partial charge in [0.25, 0.3) is 0 Å². The quantitative estimate of drug-likeness (QED) is 0.736. The molecule has 0 aliphatic heterocycles. The largest absolute Gasteiger partial charge is 0.468 e. The first kappa shape index (κ1) is 16.2. The number of methoxy groups -OCH3 is 1. The summed E-state index contributed by atoms with van der Waals surface area (Å²) in [6, 6.07) is 18.5. The number of carbonyl (C=O) groups excluding carboxylic acids is 1. The zero-order valence-corrected chi connectivity index (χ0v) is 12.6. The summed E-state index contributed by atoms with van der Waals surface area (Å²) in [5.41, 5.74) is 2.06. The summed E-state index contributed by atoms with van der Waals surface area (Å²) < 4.78 is 18.1. The van der Waals surface area contributed by atoms with E-state index in [1.54, 1.807) is 4.90 Å². The second-order valence-electron chi connectivity index (χ2n) is 5.07. The maximum absolute atomic E-state index is 13.4. The minimum atomic E-state index is -0.898. The third kappa shape index (κ3) is 4.40. The summed E-state index contributed by atoms with van der Waals surface area (Å²) in [4.78, 5) is 13.7. The molecule has 0 amide bonds. The molecule has 0 heterocycles. The normalized spacial score (nSPS) is 12.1. The van der Waals surface area contributed by atoms with Crippen LogP contribution >= 0.6 is 0 Å². The Labute approximate surface area is 130 Å². The SMILES string of the molecule is COC(=O)C(CF)N(Cc1ccccc1)Cc1ccccc1. The van der Waals surface area contributed by atoms with Gasteiger partial charge in [-0.25, -0.2) is 4.39 Å². The van der Waals surface area contributed by atoms with Gasteiger partial charge >= 0.3 is 5.97 Å². The van der Waals surface area contributed by atoms with Crippen LogP contribution in [0.1, 0.15) is 11.1 Å². The molecule has 0 N–H and O–H groups in total. The molecular weight excluding hydrogens is 281 g/mol. The molecule has 22 heavy (non-hydrogen) atoms. The highest BCUT2D eigenvalue weighted by atomic mass is 19.1. The summed E-state index contributed by atoms with van der Waals surface area (Å²) in [6.07, 6.45) is 0. The number of hydrogen-bond donors (Lipinski definition) is 0. The van der Waals surface area contributed by atoms with E-state index in [0.29, 0.717) is 13.1 Å². The number of carbonyl (C=O) groups is 1. The van der Waals surface area contributed by atoms with Crippen molar-refractivity contribution in [3.63, 3.8) is 0 Å². The van der Waals surface area contributed by atoms with Crippen LogP contribution in [0, 0.1) is 0 Å². The van der Waals surface area contributed by atoms with Crippen molar-refractivity contribution in [1.82, 2.24) is 4.90 Å². The highest BCUT2D eigenvalue weighted by Crippen LogP contribution is 2.15. The highest BCUT2D eigenvalue weighted by molar-refractivity contribution is 5.75. The number of esters is 1. The lowest BCUT2D eigenvalue weighted by atomic mass is 10.1. The zero-order chi connectivity index (χ0) is 15.8. The molecule has 116 valence electrons. The first-order valence-electron chi connectivity index (χ1n) is 7.20. The number of nitrogens with zero attached hydrogens (tertiary/aromatic N) is 1. The van der Waals surface area contributed by atoms with Gasteiger partial charge in [0.15, 0.2) is 0 Å². The monoisotopic (exact) mass is 301 g/mol. The predicted octanol–water partition coefficient (Wildman–Crippen LogP) is 3.20. The number of ether oxygens (including phenoxy) is 1. The molecule has 0 fully saturated rings. The number of hydrogen-bond acceptors (Lipinski definition) is 3. The Morgan fingerprint density at radius 2 is 1.45 bits per heavy atom. The van der Waals surface area contributed by atoms with Crippen LogP contribution in [0.2, 0.25) is 0 Å². The lowest BCUT2D eigenvalue weighted by molar-refractivity contribution is -0.148. The summed E-state index contributed by atoms with van der Waals surface area (Å²) in [5.74, 6) is -0.547. The molecule has 0 bridgehead atoms. The molecule has 1 atom stereocenters. The van der Waals surface area contributed by atoms with Crippen molar-refractivity contribution in [2.75, 3.05) is 13.8 Å². The van der Waals surface area contributed by atoms with Crippen molar-refractivity contribution in [1.29, 1.82) is 0 Å². The van der Waals surface area contributed by atoms with E-state index in [1.807, 2.05) is 60.7 Å². The molecule has 0 spiro atoms. The third-order valence-corrected chi connectivity index (χ3v) is 3.52. The van der Waals surface area contributed by atoms with E-state index < -0.39 is 18.7 Å². The molecule has 0 saturated heterocycles. The van der Waals surface area contributed by atoms with Crippen molar-refractivity contribution in [3.05, 3.63) is 71.8 Å². The molecule has 1 unspecified atom stereocenters. The molecular formula is C18H20FNO2. The fourth-order valence-corrected chi connectivity index (χ4v) is 2.36. The van der Waals surface area contributed by atoms with Gasteiger partial charge in [-0.15, -0.1) is 0 Å². The van der Waals surface area contributed by atoms with Crippen LogP contribution in [0.3, 0.4) is 0 Å². The molecule has 0 saturated carbocycles. The smallest absolute Gasteiger partial charge is 0.325 e. The second-order valence-corrected chi connectivity index (χ2v) is 5.07. The predicted molar refractivity (Wildman–Crippen MR) is 83.9 cm³/mol. The Morgan fingerprint density at radius 1 is 1.00 bits per heavy atom. The lowest BCUT2D eigenvalue weighted by Gasteiger charge is -2.28. The zero-order valence-electron chi connectivity index (χ0n) is 12.6. The Hall–Kier alpha value is -2.20. The van der Waals surface area contributed by atoms with Gasteiger partial charge in [0, 0.05) is 13.1 Å². The van der Waals surface area contributed by atoms with Crippen LogP contribution in [0.4, 0.5) is 4.39 Å². The molecule has 0 aliphatic carbocycles. The van der Waals surface area contributed by atoms with Crippen LogP contribution in [0.15, 0.2) is 60.7 Å². The molecule has 0 radical (unpaired) electrons. The summed E-state index contributed by atoms with van der Waals surface area (Å²) in [7, 11) is 1.29. The first-order valence-corrected chi connectivity index (χ1v) is 7.20. The van der Waals surface area contributed by atoms with E-state index in [4.69, 9.17) is 4.74 Å². The van der Waals surface area contributed by atoms with E-state index in [1.165, 1.54) is 7.11 Å². The Bertz CT molecular complexity index is 533. The van der Waals surface area contributed by atoms with Gasteiger partial charge in [-0.3, -0.25) is 9.69 Å². The maximum atomic E-state index is 13.4. The Morgan fingerprint density at radius 3 is 1.82 bits per heavy atom. The molecule has 2 rings (SSSR count). The number of halogens is 1. The van der Waals surface area contributed by atoms with Crippen LogP contribution in [-0.2, 0) is 22.6 Å². The average Bonchev–Trinajstić information content (AvgIpc) is 2.57. The number of alkyl halides is 1. The summed E-state index contributed by atoms with van der Waals surface area (Å²) >= 11 is 0. The van der Waals surface area contributed by atoms with Crippen LogP contribution in [-0.4, -0.2) is 30.7 Å². The topological polar surface area (TPSA) is 29.5 Å². The van der Waals surface area contributed by atoms with Gasteiger partial charge in [-0.1, -0.05) is 60.7 Å². The third-order valence-electron chi connectivity index (χ3n) is 3.52. The van der Waals surface area contributed by atoms with Crippen molar-refractivity contribution in [3.8, 4) is 0 Å². The second kappa shape index (κ2) is 8.29. The van der Waals surface area contributed by atoms with Crippen molar-refractivity contribution >= 4 is 5.97 Å². The van der Waals surface area contributed by atoms with Gasteiger partial charge < -0.3 is 4.74 Å². The molecule has 0 aliphatic rings. The standard InChI is InChI=1S/C18H20FNO2/c1-22-18(21)17(12-19)20(13-15-8-4-2-5-9-15)14-16-10-6-3-7-11-16/h2-11,17H,12-14H2,1H3. The highest BCUT2D eigenvalue weighted by Gasteiger charge is 2.27. The number of benzene rings is 2. The van der Waals surface area contributed by atoms with E-state index in [-0.39, 0.29) is 0 Å². The van der Waals surface area contributed by atoms with Gasteiger partial charge in [0.2, 0.25) is 0 Å². The minimum absolute atomic E-state index is 0.486. The molecule has 3 nitrogen and oxygen atoms in total. The first-order chi connectivity index (χ1) is 10.7. The van der Waals surface area contributed by atoms with E-state index in [9.17, 15) is 9.18 Å². The van der Waals surface area contributed by atoms with Crippen molar-refractivity contribution in [2.45, 2.75) is 19.1 Å². The van der Waals surface area contributed by atoms with Crippen molar-refractivity contribution in [2.24, 2.45) is 0 Å². The fraction of sp³-hybridized carbons (Fsp3) is 0.278. The van der Waals surface area contributed by atoms with E-state index in [2.05, 4.69) is 0 Å². The van der Waals surface area contributed by atoms with E-state index >= 15 is 0 Å². The van der Waals surface area contributed by atoms with Crippen LogP contribution in [0.5, 0.6) is 0 Å². The molecule has 4 heteroatoms. The van der Waals surface area contributed by atoms with E-state index in [0.717, 1.165) is 11.1 Å². The van der Waals surface area contributed by atoms with Crippen LogP contribution < -0.4 is 0 Å². The Balaban J connectivity index is 2.21. The molecule has 0 aromatic heterocycles. The summed E-state index contributed by atoms with van der Waals surface area (Å²) in [5, 5.41) is 0. The number of rotatable bonds is 7. The average molecular weight is 301 g/mol. The van der Waals surface area contributed by atoms with Gasteiger partial charge in [0.05, 0.1) is 7.11 Å². The Kier molecular flexibility index (Phi) is 6.10.